The number of benzene rings is 1. The van der Waals surface area contributed by atoms with Crippen LogP contribution in [0.15, 0.2) is 46.2 Å². The minimum absolute atomic E-state index is 0.0279. The molecule has 1 aromatic carbocycles. The van der Waals surface area contributed by atoms with Crippen molar-refractivity contribution in [3.05, 3.63) is 57.6 Å². The predicted molar refractivity (Wildman–Crippen MR) is 63.1 cm³/mol. The Hall–Kier alpha value is -2.70. The summed E-state index contributed by atoms with van der Waals surface area (Å²) in [4.78, 5) is 21.4. The van der Waals surface area contributed by atoms with Gasteiger partial charge in [-0.3, -0.25) is 19.2 Å². The fourth-order valence-corrected chi connectivity index (χ4v) is 1.50. The van der Waals surface area contributed by atoms with E-state index in [0.29, 0.717) is 11.4 Å². The quantitative estimate of drug-likeness (QED) is 0.465. The van der Waals surface area contributed by atoms with E-state index in [2.05, 4.69) is 16.3 Å². The molecule has 0 radical (unpaired) electrons. The Morgan fingerprint density at radius 2 is 2.11 bits per heavy atom. The smallest absolute Gasteiger partial charge is 0.295 e. The second kappa shape index (κ2) is 4.66. The number of rotatable bonds is 4. The second-order valence-electron chi connectivity index (χ2n) is 3.48. The van der Waals surface area contributed by atoms with Crippen LogP contribution in [-0.2, 0) is 6.54 Å². The van der Waals surface area contributed by atoms with E-state index in [0.717, 1.165) is 0 Å². The Labute approximate surface area is 101 Å². The van der Waals surface area contributed by atoms with Gasteiger partial charge in [0.1, 0.15) is 0 Å². The molecule has 0 aliphatic rings. The maximum absolute atomic E-state index is 11.4. The van der Waals surface area contributed by atoms with E-state index in [1.54, 1.807) is 0 Å². The maximum atomic E-state index is 11.4. The van der Waals surface area contributed by atoms with Crippen LogP contribution in [0.3, 0.4) is 0 Å². The van der Waals surface area contributed by atoms with Crippen LogP contribution in [0.5, 0.6) is 0 Å². The average molecular weight is 247 g/mol. The second-order valence-corrected chi connectivity index (χ2v) is 3.48. The highest BCUT2D eigenvalue weighted by Crippen LogP contribution is 2.19. The number of hydrogen-bond acceptors (Lipinski definition) is 5. The molecule has 0 aliphatic heterocycles. The molecule has 0 N–H and O–H groups in total. The van der Waals surface area contributed by atoms with Gasteiger partial charge in [0.05, 0.1) is 4.92 Å². The zero-order valence-electron chi connectivity index (χ0n) is 9.28. The van der Waals surface area contributed by atoms with Gasteiger partial charge in [-0.25, -0.2) is 4.79 Å². The molecule has 0 aliphatic carbocycles. The fraction of sp³-hybridized carbons (Fsp3) is 0.0909. The molecule has 0 saturated carbocycles. The van der Waals surface area contributed by atoms with Crippen LogP contribution in [0, 0.1) is 10.1 Å². The first-order valence-electron chi connectivity index (χ1n) is 5.05. The van der Waals surface area contributed by atoms with Crippen molar-refractivity contribution in [2.24, 2.45) is 0 Å². The zero-order chi connectivity index (χ0) is 13.1. The van der Waals surface area contributed by atoms with E-state index < -0.39 is 10.7 Å². The first kappa shape index (κ1) is 11.8. The van der Waals surface area contributed by atoms with Crippen LogP contribution >= 0.6 is 0 Å². The van der Waals surface area contributed by atoms with Gasteiger partial charge in [0, 0.05) is 24.2 Å². The van der Waals surface area contributed by atoms with Gasteiger partial charge in [0.15, 0.2) is 5.82 Å². The summed E-state index contributed by atoms with van der Waals surface area (Å²) in [5.74, 6) is -0.280. The number of nitrogens with zero attached hydrogens (tertiary/aromatic N) is 3. The molecule has 0 saturated heterocycles. The fourth-order valence-electron chi connectivity index (χ4n) is 1.50. The minimum Gasteiger partial charge on any atom is -0.295 e. The summed E-state index contributed by atoms with van der Waals surface area (Å²) < 4.78 is 5.84. The Morgan fingerprint density at radius 1 is 1.44 bits per heavy atom. The van der Waals surface area contributed by atoms with Crippen LogP contribution in [0.2, 0.25) is 0 Å². The monoisotopic (exact) mass is 247 g/mol. The summed E-state index contributed by atoms with van der Waals surface area (Å²) in [6.45, 7) is 3.79. The van der Waals surface area contributed by atoms with Crippen molar-refractivity contribution >= 4 is 5.69 Å². The number of nitro benzene ring substituents is 1. The standard InChI is InChI=1S/C11H9N3O4/c1-2-7-13-10(12-18-11(13)15)8-3-5-9(6-4-8)14(16)17/h2-6H,1,7H2. The van der Waals surface area contributed by atoms with E-state index in [1.807, 2.05) is 0 Å². The molecule has 0 bridgehead atoms. The Morgan fingerprint density at radius 3 is 2.67 bits per heavy atom. The lowest BCUT2D eigenvalue weighted by molar-refractivity contribution is -0.384. The van der Waals surface area contributed by atoms with Crippen LogP contribution in [0.25, 0.3) is 11.4 Å². The molecule has 92 valence electrons. The van der Waals surface area contributed by atoms with Crippen molar-refractivity contribution in [2.75, 3.05) is 0 Å². The van der Waals surface area contributed by atoms with Crippen LogP contribution in [-0.4, -0.2) is 14.6 Å². The highest BCUT2D eigenvalue weighted by Gasteiger charge is 2.13. The van der Waals surface area contributed by atoms with Gasteiger partial charge in [0.2, 0.25) is 0 Å². The molecule has 0 fully saturated rings. The average Bonchev–Trinajstić information content (AvgIpc) is 2.72. The van der Waals surface area contributed by atoms with Crippen LogP contribution < -0.4 is 5.76 Å². The topological polar surface area (TPSA) is 91.2 Å². The van der Waals surface area contributed by atoms with E-state index in [-0.39, 0.29) is 12.2 Å². The van der Waals surface area contributed by atoms with Crippen molar-refractivity contribution < 1.29 is 9.45 Å². The first-order valence-corrected chi connectivity index (χ1v) is 5.05. The summed E-state index contributed by atoms with van der Waals surface area (Å²) in [6, 6.07) is 5.70. The molecule has 1 aromatic heterocycles. The SMILES string of the molecule is C=CCn1c(-c2ccc([N+](=O)[O-])cc2)noc1=O. The molecule has 7 heteroatoms. The summed E-state index contributed by atoms with van der Waals surface area (Å²) in [5.41, 5.74) is 0.535. The lowest BCUT2D eigenvalue weighted by atomic mass is 10.2. The minimum atomic E-state index is -0.594. The molecule has 0 amide bonds. The molecule has 7 nitrogen and oxygen atoms in total. The Bertz CT molecular complexity index is 639. The van der Waals surface area contributed by atoms with Gasteiger partial charge in [-0.05, 0) is 12.1 Å². The van der Waals surface area contributed by atoms with Crippen molar-refractivity contribution in [1.82, 2.24) is 9.72 Å². The molecule has 2 aromatic rings. The Kier molecular flexibility index (Phi) is 3.05. The lowest BCUT2D eigenvalue weighted by Crippen LogP contribution is -2.14. The number of non-ortho nitro benzene ring substituents is 1. The maximum Gasteiger partial charge on any atom is 0.442 e. The summed E-state index contributed by atoms with van der Waals surface area (Å²) >= 11 is 0. The van der Waals surface area contributed by atoms with Crippen molar-refractivity contribution in [3.8, 4) is 11.4 Å². The van der Waals surface area contributed by atoms with E-state index in [9.17, 15) is 14.9 Å². The lowest BCUT2D eigenvalue weighted by Gasteiger charge is -2.00. The van der Waals surface area contributed by atoms with Gasteiger partial charge in [-0.15, -0.1) is 6.58 Å². The largest absolute Gasteiger partial charge is 0.442 e. The molecular formula is C11H9N3O4. The number of hydrogen-bond donors (Lipinski definition) is 0. The van der Waals surface area contributed by atoms with E-state index in [1.165, 1.54) is 34.9 Å². The molecule has 0 unspecified atom stereocenters. The molecule has 0 spiro atoms. The molecule has 0 atom stereocenters. The third kappa shape index (κ3) is 2.05. The predicted octanol–water partition coefficient (Wildman–Crippen LogP) is 1.60. The van der Waals surface area contributed by atoms with Crippen LogP contribution in [0.4, 0.5) is 5.69 Å². The number of aromatic nitrogens is 2. The highest BCUT2D eigenvalue weighted by molar-refractivity contribution is 5.57. The molecule has 1 heterocycles. The normalized spacial score (nSPS) is 10.2. The number of allylic oxidation sites excluding steroid dienone is 1. The zero-order valence-corrected chi connectivity index (χ0v) is 9.28. The molecular weight excluding hydrogens is 238 g/mol. The van der Waals surface area contributed by atoms with Gasteiger partial charge in [-0.1, -0.05) is 11.2 Å². The molecule has 18 heavy (non-hydrogen) atoms. The first-order chi connectivity index (χ1) is 8.63. The highest BCUT2D eigenvalue weighted by atomic mass is 16.6. The van der Waals surface area contributed by atoms with E-state index >= 15 is 0 Å². The third-order valence-electron chi connectivity index (χ3n) is 2.33. The Balaban J connectivity index is 2.45. The van der Waals surface area contributed by atoms with Crippen molar-refractivity contribution in [1.29, 1.82) is 0 Å². The summed E-state index contributed by atoms with van der Waals surface area (Å²) in [5, 5.41) is 14.2. The van der Waals surface area contributed by atoms with Crippen molar-refractivity contribution in [2.45, 2.75) is 6.54 Å². The summed E-state index contributed by atoms with van der Waals surface area (Å²) in [7, 11) is 0. The number of nitro groups is 1. The van der Waals surface area contributed by atoms with Gasteiger partial charge in [-0.2, -0.15) is 0 Å². The summed E-state index contributed by atoms with van der Waals surface area (Å²) in [6.07, 6.45) is 1.54. The molecule has 2 rings (SSSR count). The van der Waals surface area contributed by atoms with Gasteiger partial charge >= 0.3 is 5.76 Å². The van der Waals surface area contributed by atoms with Crippen molar-refractivity contribution in [3.63, 3.8) is 0 Å². The van der Waals surface area contributed by atoms with E-state index in [4.69, 9.17) is 0 Å². The van der Waals surface area contributed by atoms with Gasteiger partial charge in [0.25, 0.3) is 5.69 Å². The van der Waals surface area contributed by atoms with Crippen LogP contribution in [0.1, 0.15) is 0 Å². The van der Waals surface area contributed by atoms with Gasteiger partial charge < -0.3 is 0 Å². The third-order valence-corrected chi connectivity index (χ3v) is 2.33.